The van der Waals surface area contributed by atoms with Gasteiger partial charge in [0.15, 0.2) is 11.5 Å². The molecule has 0 aliphatic heterocycles. The highest BCUT2D eigenvalue weighted by Crippen LogP contribution is 2.35. The van der Waals surface area contributed by atoms with E-state index in [1.165, 1.54) is 36.3 Å². The largest absolute Gasteiger partial charge is 0.503 e. The Labute approximate surface area is 176 Å². The molecule has 9 heteroatoms. The Morgan fingerprint density at radius 3 is 2.38 bits per heavy atom. The number of carbonyl (C=O) groups is 3. The van der Waals surface area contributed by atoms with Crippen LogP contribution in [0.4, 0.5) is 5.69 Å². The van der Waals surface area contributed by atoms with Crippen molar-refractivity contribution in [2.24, 2.45) is 5.73 Å². The molecule has 29 heavy (non-hydrogen) atoms. The fraction of sp³-hybridized carbons (Fsp3) is 0.250. The number of phenols is 1. The first-order valence-electron chi connectivity index (χ1n) is 8.82. The van der Waals surface area contributed by atoms with Crippen LogP contribution in [0.3, 0.4) is 0 Å². The number of anilines is 1. The lowest BCUT2D eigenvalue weighted by atomic mass is 10.1. The van der Waals surface area contributed by atoms with Crippen molar-refractivity contribution in [1.82, 2.24) is 4.90 Å². The van der Waals surface area contributed by atoms with Gasteiger partial charge in [0.1, 0.15) is 0 Å². The molecule has 0 radical (unpaired) electrons. The summed E-state index contributed by atoms with van der Waals surface area (Å²) in [6.45, 7) is 2.42. The number of nitrogens with two attached hydrogens (primary N) is 1. The van der Waals surface area contributed by atoms with Gasteiger partial charge in [0.2, 0.25) is 11.8 Å². The van der Waals surface area contributed by atoms with Crippen LogP contribution in [0.2, 0.25) is 0 Å². The Morgan fingerprint density at radius 1 is 1.17 bits per heavy atom. The molecule has 0 bridgehead atoms. The number of nitrogens with zero attached hydrogens (tertiary/aromatic N) is 1. The summed E-state index contributed by atoms with van der Waals surface area (Å²) in [5.41, 5.74) is 6.39. The number of halogens is 1. The van der Waals surface area contributed by atoms with Gasteiger partial charge in [0.25, 0.3) is 5.91 Å². The summed E-state index contributed by atoms with van der Waals surface area (Å²) in [5, 5.41) is 12.6. The van der Waals surface area contributed by atoms with E-state index in [2.05, 4.69) is 21.2 Å². The van der Waals surface area contributed by atoms with Gasteiger partial charge in [-0.1, -0.05) is 0 Å². The fourth-order valence-electron chi connectivity index (χ4n) is 2.62. The zero-order valence-electron chi connectivity index (χ0n) is 16.1. The molecule has 4 N–H and O–H groups in total. The highest BCUT2D eigenvalue weighted by atomic mass is 79.9. The van der Waals surface area contributed by atoms with E-state index in [-0.39, 0.29) is 36.3 Å². The van der Waals surface area contributed by atoms with E-state index >= 15 is 0 Å². The van der Waals surface area contributed by atoms with Crippen molar-refractivity contribution in [2.75, 3.05) is 25.5 Å². The van der Waals surface area contributed by atoms with Gasteiger partial charge in [-0.25, -0.2) is 0 Å². The van der Waals surface area contributed by atoms with Crippen LogP contribution in [0.5, 0.6) is 11.5 Å². The maximum absolute atomic E-state index is 12.8. The number of ether oxygens (including phenoxy) is 1. The van der Waals surface area contributed by atoms with E-state index in [1.54, 1.807) is 12.1 Å². The second-order valence-corrected chi connectivity index (χ2v) is 6.99. The smallest absolute Gasteiger partial charge is 0.254 e. The Balaban J connectivity index is 2.00. The average molecular weight is 464 g/mol. The quantitative estimate of drug-likeness (QED) is 0.555. The van der Waals surface area contributed by atoms with Crippen LogP contribution in [-0.2, 0) is 4.79 Å². The summed E-state index contributed by atoms with van der Waals surface area (Å²) in [6, 6.07) is 9.17. The molecule has 154 valence electrons. The van der Waals surface area contributed by atoms with Gasteiger partial charge in [-0.2, -0.15) is 0 Å². The van der Waals surface area contributed by atoms with Crippen LogP contribution in [0, 0.1) is 0 Å². The first-order chi connectivity index (χ1) is 13.8. The summed E-state index contributed by atoms with van der Waals surface area (Å²) in [6.07, 6.45) is 0.0908. The Bertz CT molecular complexity index is 915. The zero-order valence-corrected chi connectivity index (χ0v) is 17.7. The SMILES string of the molecule is CCN(CCC(=O)Nc1ccc(C(N)=O)cc1)C(=O)c1cc(Br)c(O)c(OC)c1. The molecular weight excluding hydrogens is 442 g/mol. The monoisotopic (exact) mass is 463 g/mol. The molecule has 0 fully saturated rings. The highest BCUT2D eigenvalue weighted by molar-refractivity contribution is 9.10. The standard InChI is InChI=1S/C20H22BrN3O5/c1-3-24(20(28)13-10-15(21)18(26)16(11-13)29-2)9-8-17(25)23-14-6-4-12(5-7-14)19(22)27/h4-7,10-11,26H,3,8-9H2,1-2H3,(H2,22,27)(H,23,25). The van der Waals surface area contributed by atoms with Crippen LogP contribution in [0.1, 0.15) is 34.1 Å². The predicted octanol–water partition coefficient (Wildman–Crippen LogP) is 2.75. The Hall–Kier alpha value is -3.07. The molecule has 0 aromatic heterocycles. The summed E-state index contributed by atoms with van der Waals surface area (Å²) in [5.74, 6) is -1.01. The van der Waals surface area contributed by atoms with Gasteiger partial charge in [-0.3, -0.25) is 14.4 Å². The highest BCUT2D eigenvalue weighted by Gasteiger charge is 2.19. The van der Waals surface area contributed by atoms with Crippen LogP contribution in [-0.4, -0.2) is 47.9 Å². The van der Waals surface area contributed by atoms with E-state index in [1.807, 2.05) is 6.92 Å². The van der Waals surface area contributed by atoms with Gasteiger partial charge in [-0.05, 0) is 59.3 Å². The first kappa shape index (κ1) is 22.2. The van der Waals surface area contributed by atoms with Crippen molar-refractivity contribution in [3.05, 3.63) is 52.0 Å². The van der Waals surface area contributed by atoms with Gasteiger partial charge in [0.05, 0.1) is 11.6 Å². The Kier molecular flexibility index (Phi) is 7.60. The number of primary amides is 1. The minimum atomic E-state index is -0.544. The molecule has 0 saturated heterocycles. The van der Waals surface area contributed by atoms with E-state index in [9.17, 15) is 19.5 Å². The number of carbonyl (C=O) groups excluding carboxylic acids is 3. The first-order valence-corrected chi connectivity index (χ1v) is 9.61. The molecule has 0 atom stereocenters. The number of rotatable bonds is 8. The molecule has 2 aromatic rings. The number of aromatic hydroxyl groups is 1. The summed E-state index contributed by atoms with van der Waals surface area (Å²) in [7, 11) is 1.40. The zero-order chi connectivity index (χ0) is 21.6. The van der Waals surface area contributed by atoms with E-state index in [0.717, 1.165) is 0 Å². The van der Waals surface area contributed by atoms with Crippen molar-refractivity contribution >= 4 is 39.3 Å². The van der Waals surface area contributed by atoms with Crippen molar-refractivity contribution in [2.45, 2.75) is 13.3 Å². The van der Waals surface area contributed by atoms with E-state index in [0.29, 0.717) is 27.8 Å². The topological polar surface area (TPSA) is 122 Å². The molecule has 8 nitrogen and oxygen atoms in total. The molecule has 2 aromatic carbocycles. The van der Waals surface area contributed by atoms with Crippen LogP contribution in [0.25, 0.3) is 0 Å². The number of hydrogen-bond donors (Lipinski definition) is 3. The molecule has 0 heterocycles. The van der Waals surface area contributed by atoms with Gasteiger partial charge in [-0.15, -0.1) is 0 Å². The number of nitrogens with one attached hydrogen (secondary N) is 1. The summed E-state index contributed by atoms with van der Waals surface area (Å²) < 4.78 is 5.42. The van der Waals surface area contributed by atoms with E-state index < -0.39 is 5.91 Å². The maximum Gasteiger partial charge on any atom is 0.254 e. The lowest BCUT2D eigenvalue weighted by Gasteiger charge is -2.21. The molecule has 0 aliphatic carbocycles. The fourth-order valence-corrected chi connectivity index (χ4v) is 3.06. The average Bonchev–Trinajstić information content (AvgIpc) is 2.70. The molecule has 0 saturated carbocycles. The second kappa shape index (κ2) is 9.92. The van der Waals surface area contributed by atoms with Gasteiger partial charge < -0.3 is 25.8 Å². The van der Waals surface area contributed by atoms with Crippen molar-refractivity contribution in [3.8, 4) is 11.5 Å². The van der Waals surface area contributed by atoms with Crippen molar-refractivity contribution < 1.29 is 24.2 Å². The van der Waals surface area contributed by atoms with Gasteiger partial charge >= 0.3 is 0 Å². The predicted molar refractivity (Wildman–Crippen MR) is 112 cm³/mol. The number of hydrogen-bond acceptors (Lipinski definition) is 5. The third-order valence-electron chi connectivity index (χ3n) is 4.23. The van der Waals surface area contributed by atoms with Crippen LogP contribution in [0.15, 0.2) is 40.9 Å². The summed E-state index contributed by atoms with van der Waals surface area (Å²) >= 11 is 3.20. The lowest BCUT2D eigenvalue weighted by Crippen LogP contribution is -2.33. The minimum absolute atomic E-state index is 0.0890. The van der Waals surface area contributed by atoms with Crippen LogP contribution < -0.4 is 15.8 Å². The molecule has 2 rings (SSSR count). The normalized spacial score (nSPS) is 10.3. The van der Waals surface area contributed by atoms with Crippen LogP contribution >= 0.6 is 15.9 Å². The molecule has 0 unspecified atom stereocenters. The lowest BCUT2D eigenvalue weighted by molar-refractivity contribution is -0.116. The molecule has 0 spiro atoms. The number of phenolic OH excluding ortho intramolecular Hbond substituents is 1. The Morgan fingerprint density at radius 2 is 1.83 bits per heavy atom. The number of amides is 3. The minimum Gasteiger partial charge on any atom is -0.503 e. The maximum atomic E-state index is 12.8. The van der Waals surface area contributed by atoms with Crippen molar-refractivity contribution in [1.29, 1.82) is 0 Å². The van der Waals surface area contributed by atoms with Crippen molar-refractivity contribution in [3.63, 3.8) is 0 Å². The molecule has 0 aliphatic rings. The number of methoxy groups -OCH3 is 1. The molecular formula is C20H22BrN3O5. The second-order valence-electron chi connectivity index (χ2n) is 6.13. The number of benzene rings is 2. The third-order valence-corrected chi connectivity index (χ3v) is 4.83. The third kappa shape index (κ3) is 5.71. The van der Waals surface area contributed by atoms with Gasteiger partial charge in [0, 0.05) is 36.3 Å². The van der Waals surface area contributed by atoms with E-state index in [4.69, 9.17) is 10.5 Å². The molecule has 3 amide bonds. The summed E-state index contributed by atoms with van der Waals surface area (Å²) in [4.78, 5) is 37.6.